The average molecular weight is 314 g/mol. The third-order valence-electron chi connectivity index (χ3n) is 2.62. The predicted molar refractivity (Wildman–Crippen MR) is 81.5 cm³/mol. The number of pyridine rings is 1. The first kappa shape index (κ1) is 17.4. The van der Waals surface area contributed by atoms with Gasteiger partial charge < -0.3 is 10.6 Å². The van der Waals surface area contributed by atoms with Crippen molar-refractivity contribution in [2.75, 3.05) is 25.0 Å². The van der Waals surface area contributed by atoms with Crippen LogP contribution in [0.3, 0.4) is 0 Å². The van der Waals surface area contributed by atoms with E-state index in [1.807, 2.05) is 13.8 Å². The van der Waals surface area contributed by atoms with E-state index in [9.17, 15) is 13.2 Å². The zero-order chi connectivity index (χ0) is 15.7. The third kappa shape index (κ3) is 6.09. The minimum absolute atomic E-state index is 0.0637. The number of nitrogens with zero attached hydrogens (tertiary/aromatic N) is 1. The Labute approximate surface area is 125 Å². The van der Waals surface area contributed by atoms with E-state index in [4.69, 9.17) is 0 Å². The monoisotopic (exact) mass is 314 g/mol. The molecule has 0 radical (unpaired) electrons. The van der Waals surface area contributed by atoms with E-state index in [2.05, 4.69) is 20.3 Å². The number of anilines is 1. The van der Waals surface area contributed by atoms with Gasteiger partial charge in [0.1, 0.15) is 5.82 Å². The van der Waals surface area contributed by atoms with Crippen molar-refractivity contribution in [2.24, 2.45) is 0 Å². The van der Waals surface area contributed by atoms with E-state index in [1.54, 1.807) is 0 Å². The van der Waals surface area contributed by atoms with Crippen LogP contribution in [0.25, 0.3) is 0 Å². The largest absolute Gasteiger partial charge is 0.370 e. The van der Waals surface area contributed by atoms with Crippen LogP contribution in [0.4, 0.5) is 5.82 Å². The van der Waals surface area contributed by atoms with Crippen molar-refractivity contribution in [2.45, 2.75) is 31.6 Å². The summed E-state index contributed by atoms with van der Waals surface area (Å²) in [6.07, 6.45) is 2.47. The molecule has 0 aliphatic heterocycles. The molecule has 0 spiro atoms. The Hall–Kier alpha value is -1.67. The topological polar surface area (TPSA) is 100 Å². The minimum atomic E-state index is -3.63. The predicted octanol–water partition coefficient (Wildman–Crippen LogP) is 0.708. The van der Waals surface area contributed by atoms with Crippen LogP contribution in [0.15, 0.2) is 23.2 Å². The summed E-state index contributed by atoms with van der Waals surface area (Å²) in [4.78, 5) is 15.5. The van der Waals surface area contributed by atoms with Gasteiger partial charge >= 0.3 is 0 Å². The Balaban J connectivity index is 2.63. The molecule has 0 bridgehead atoms. The second-order valence-electron chi connectivity index (χ2n) is 4.40. The number of aromatic nitrogens is 1. The lowest BCUT2D eigenvalue weighted by Crippen LogP contribution is -2.30. The van der Waals surface area contributed by atoms with Crippen molar-refractivity contribution in [3.63, 3.8) is 0 Å². The number of hydrogen-bond donors (Lipinski definition) is 3. The molecule has 118 valence electrons. The molecule has 21 heavy (non-hydrogen) atoms. The van der Waals surface area contributed by atoms with E-state index in [1.165, 1.54) is 18.3 Å². The van der Waals surface area contributed by atoms with Gasteiger partial charge in [0.25, 0.3) is 0 Å². The molecule has 3 N–H and O–H groups in total. The molecule has 1 rings (SSSR count). The molecular weight excluding hydrogens is 292 g/mol. The summed E-state index contributed by atoms with van der Waals surface area (Å²) in [5, 5.41) is 5.64. The second kappa shape index (κ2) is 8.58. The van der Waals surface area contributed by atoms with Gasteiger partial charge in [0.2, 0.25) is 15.9 Å². The summed E-state index contributed by atoms with van der Waals surface area (Å²) in [7, 11) is -3.63. The number of nitrogens with one attached hydrogen (secondary N) is 3. The van der Waals surface area contributed by atoms with Gasteiger partial charge in [-0.2, -0.15) is 0 Å². The molecule has 0 saturated carbocycles. The van der Waals surface area contributed by atoms with Gasteiger partial charge in [-0.25, -0.2) is 18.1 Å². The maximum atomic E-state index is 12.1. The summed E-state index contributed by atoms with van der Waals surface area (Å²) in [5.41, 5.74) is 0. The highest BCUT2D eigenvalue weighted by Crippen LogP contribution is 2.12. The maximum absolute atomic E-state index is 12.1. The maximum Gasteiger partial charge on any atom is 0.240 e. The fraction of sp³-hybridized carbons (Fsp3) is 0.538. The zero-order valence-corrected chi connectivity index (χ0v) is 13.2. The van der Waals surface area contributed by atoms with E-state index in [-0.39, 0.29) is 23.8 Å². The van der Waals surface area contributed by atoms with Crippen LogP contribution in [0, 0.1) is 0 Å². The molecule has 1 aromatic rings. The fourth-order valence-corrected chi connectivity index (χ4v) is 2.64. The normalized spacial score (nSPS) is 11.1. The highest BCUT2D eigenvalue weighted by molar-refractivity contribution is 7.89. The fourth-order valence-electron chi connectivity index (χ4n) is 1.60. The second-order valence-corrected chi connectivity index (χ2v) is 6.17. The SMILES string of the molecule is CCCNc1cc(S(=O)(=O)NCCC(=O)NCC)ccn1. The van der Waals surface area contributed by atoms with Crippen LogP contribution in [-0.2, 0) is 14.8 Å². The molecule has 0 saturated heterocycles. The molecule has 0 aromatic carbocycles. The van der Waals surface area contributed by atoms with Crippen LogP contribution >= 0.6 is 0 Å². The quantitative estimate of drug-likeness (QED) is 0.623. The Kier molecular flexibility index (Phi) is 7.10. The molecule has 0 unspecified atom stereocenters. The molecule has 0 fully saturated rings. The van der Waals surface area contributed by atoms with Crippen molar-refractivity contribution in [1.29, 1.82) is 0 Å². The molecule has 0 atom stereocenters. The van der Waals surface area contributed by atoms with Crippen molar-refractivity contribution in [3.8, 4) is 0 Å². The lowest BCUT2D eigenvalue weighted by Gasteiger charge is -2.09. The molecule has 0 aliphatic rings. The van der Waals surface area contributed by atoms with Crippen molar-refractivity contribution in [1.82, 2.24) is 15.0 Å². The number of rotatable bonds is 9. The summed E-state index contributed by atoms with van der Waals surface area (Å²) < 4.78 is 26.6. The van der Waals surface area contributed by atoms with Crippen molar-refractivity contribution >= 4 is 21.7 Å². The van der Waals surface area contributed by atoms with Gasteiger partial charge in [0.05, 0.1) is 4.90 Å². The number of hydrogen-bond acceptors (Lipinski definition) is 5. The van der Waals surface area contributed by atoms with E-state index in [0.29, 0.717) is 12.4 Å². The molecule has 1 amide bonds. The molecule has 0 aliphatic carbocycles. The van der Waals surface area contributed by atoms with Gasteiger partial charge in [-0.15, -0.1) is 0 Å². The summed E-state index contributed by atoms with van der Waals surface area (Å²) in [6.45, 7) is 5.14. The van der Waals surface area contributed by atoms with E-state index >= 15 is 0 Å². The number of carbonyl (C=O) groups excluding carboxylic acids is 1. The summed E-state index contributed by atoms with van der Waals surface area (Å²) in [6, 6.07) is 2.90. The summed E-state index contributed by atoms with van der Waals surface area (Å²) in [5.74, 6) is 0.337. The van der Waals surface area contributed by atoms with Crippen LogP contribution in [0.5, 0.6) is 0 Å². The highest BCUT2D eigenvalue weighted by atomic mass is 32.2. The van der Waals surface area contributed by atoms with Crippen molar-refractivity contribution in [3.05, 3.63) is 18.3 Å². The smallest absolute Gasteiger partial charge is 0.240 e. The first-order valence-electron chi connectivity index (χ1n) is 6.96. The number of sulfonamides is 1. The van der Waals surface area contributed by atoms with Crippen LogP contribution in [-0.4, -0.2) is 38.9 Å². The Morgan fingerprint density at radius 1 is 1.29 bits per heavy atom. The Morgan fingerprint density at radius 2 is 2.05 bits per heavy atom. The Bertz CT molecular complexity index is 560. The van der Waals surface area contributed by atoms with Gasteiger partial charge in [0.15, 0.2) is 0 Å². The van der Waals surface area contributed by atoms with Gasteiger partial charge in [-0.3, -0.25) is 4.79 Å². The lowest BCUT2D eigenvalue weighted by atomic mass is 10.4. The van der Waals surface area contributed by atoms with E-state index < -0.39 is 10.0 Å². The van der Waals surface area contributed by atoms with Crippen molar-refractivity contribution < 1.29 is 13.2 Å². The minimum Gasteiger partial charge on any atom is -0.370 e. The number of amides is 1. The van der Waals surface area contributed by atoms with Gasteiger partial charge in [-0.05, 0) is 19.4 Å². The average Bonchev–Trinajstić information content (AvgIpc) is 2.45. The summed E-state index contributed by atoms with van der Waals surface area (Å²) >= 11 is 0. The molecule has 1 heterocycles. The molecule has 8 heteroatoms. The van der Waals surface area contributed by atoms with Gasteiger partial charge in [0, 0.05) is 38.3 Å². The molecular formula is C13H22N4O3S. The zero-order valence-electron chi connectivity index (χ0n) is 12.3. The molecule has 7 nitrogen and oxygen atoms in total. The number of carbonyl (C=O) groups is 1. The van der Waals surface area contributed by atoms with E-state index in [0.717, 1.165) is 13.0 Å². The standard InChI is InChI=1S/C13H22N4O3S/c1-3-7-15-12-10-11(5-8-16-12)21(19,20)17-9-6-13(18)14-4-2/h5,8,10,17H,3-4,6-7,9H2,1-2H3,(H,14,18)(H,15,16). The van der Waals surface area contributed by atoms with Gasteiger partial charge in [-0.1, -0.05) is 6.92 Å². The van der Waals surface area contributed by atoms with Crippen LogP contribution in [0.2, 0.25) is 0 Å². The Morgan fingerprint density at radius 3 is 2.71 bits per heavy atom. The lowest BCUT2D eigenvalue weighted by molar-refractivity contribution is -0.120. The third-order valence-corrected chi connectivity index (χ3v) is 4.07. The van der Waals surface area contributed by atoms with Crippen LogP contribution < -0.4 is 15.4 Å². The van der Waals surface area contributed by atoms with Crippen LogP contribution in [0.1, 0.15) is 26.7 Å². The first-order chi connectivity index (χ1) is 9.99. The molecule has 1 aromatic heterocycles. The highest BCUT2D eigenvalue weighted by Gasteiger charge is 2.14. The first-order valence-corrected chi connectivity index (χ1v) is 8.44.